The summed E-state index contributed by atoms with van der Waals surface area (Å²) in [6.07, 6.45) is 4.98. The van der Waals surface area contributed by atoms with Gasteiger partial charge in [-0.05, 0) is 30.3 Å². The van der Waals surface area contributed by atoms with Crippen molar-refractivity contribution in [2.45, 2.75) is 13.1 Å². The molecule has 0 atom stereocenters. The van der Waals surface area contributed by atoms with Gasteiger partial charge in [0.05, 0.1) is 41.2 Å². The maximum absolute atomic E-state index is 12.7. The number of pyridine rings is 1. The fraction of sp³-hybridized carbons (Fsp3) is 0.111. The first-order valence-electron chi connectivity index (χ1n) is 7.93. The van der Waals surface area contributed by atoms with Crippen molar-refractivity contribution >= 4 is 28.8 Å². The van der Waals surface area contributed by atoms with Gasteiger partial charge in [0.1, 0.15) is 5.82 Å². The maximum Gasteiger partial charge on any atom is 0.260 e. The Bertz CT molecular complexity index is 1070. The lowest BCUT2D eigenvalue weighted by atomic mass is 10.2. The summed E-state index contributed by atoms with van der Waals surface area (Å²) in [6, 6.07) is 11.1. The quantitative estimate of drug-likeness (QED) is 0.520. The summed E-state index contributed by atoms with van der Waals surface area (Å²) >= 11 is 7.46. The molecule has 26 heavy (non-hydrogen) atoms. The number of anilines is 1. The van der Waals surface area contributed by atoms with Crippen LogP contribution in [0.15, 0.2) is 64.3 Å². The average molecular weight is 387 g/mol. The zero-order valence-electron chi connectivity index (χ0n) is 13.6. The van der Waals surface area contributed by atoms with Crippen LogP contribution in [-0.4, -0.2) is 14.8 Å². The highest BCUT2D eigenvalue weighted by atomic mass is 35.5. The van der Waals surface area contributed by atoms with Gasteiger partial charge in [0.15, 0.2) is 0 Å². The largest absolute Gasteiger partial charge is 0.472 e. The molecular formula is C18H15ClN4O2S. The molecule has 0 amide bonds. The Hall–Kier alpha value is -2.77. The molecule has 0 bridgehead atoms. The minimum Gasteiger partial charge on any atom is -0.472 e. The van der Waals surface area contributed by atoms with E-state index in [0.29, 0.717) is 24.3 Å². The minimum atomic E-state index is -0.100. The van der Waals surface area contributed by atoms with Crippen LogP contribution < -0.4 is 10.9 Å². The molecule has 0 aliphatic carbocycles. The highest BCUT2D eigenvalue weighted by Crippen LogP contribution is 2.23. The van der Waals surface area contributed by atoms with Crippen LogP contribution in [0.25, 0.3) is 11.3 Å². The number of aromatic amines is 1. The van der Waals surface area contributed by atoms with Gasteiger partial charge in [-0.2, -0.15) is 5.10 Å². The van der Waals surface area contributed by atoms with Crippen LogP contribution in [0.2, 0.25) is 4.34 Å². The number of thiophene rings is 1. The van der Waals surface area contributed by atoms with Crippen molar-refractivity contribution in [1.29, 1.82) is 0 Å². The van der Waals surface area contributed by atoms with Gasteiger partial charge in [-0.25, -0.2) is 0 Å². The van der Waals surface area contributed by atoms with E-state index in [-0.39, 0.29) is 5.56 Å². The van der Waals surface area contributed by atoms with Crippen molar-refractivity contribution < 1.29 is 4.42 Å². The molecule has 132 valence electrons. The van der Waals surface area contributed by atoms with E-state index in [1.54, 1.807) is 29.4 Å². The smallest absolute Gasteiger partial charge is 0.260 e. The molecule has 2 N–H and O–H groups in total. The summed E-state index contributed by atoms with van der Waals surface area (Å²) in [4.78, 5) is 13.9. The second kappa shape index (κ2) is 7.23. The third-order valence-electron chi connectivity index (χ3n) is 3.89. The van der Waals surface area contributed by atoms with Crippen molar-refractivity contribution in [1.82, 2.24) is 14.8 Å². The Labute approximate surface area is 158 Å². The molecule has 4 rings (SSSR count). The van der Waals surface area contributed by atoms with E-state index >= 15 is 0 Å². The molecule has 4 heterocycles. The molecule has 0 fully saturated rings. The highest BCUT2D eigenvalue weighted by molar-refractivity contribution is 7.16. The zero-order valence-corrected chi connectivity index (χ0v) is 15.2. The molecule has 0 unspecified atom stereocenters. The Morgan fingerprint density at radius 2 is 2.23 bits per heavy atom. The predicted octanol–water partition coefficient (Wildman–Crippen LogP) is 4.21. The number of halogens is 1. The number of nitrogens with one attached hydrogen (secondary N) is 2. The molecule has 0 radical (unpaired) electrons. The fourth-order valence-corrected chi connectivity index (χ4v) is 3.64. The van der Waals surface area contributed by atoms with Crippen LogP contribution in [0.1, 0.15) is 10.4 Å². The van der Waals surface area contributed by atoms with Crippen LogP contribution in [0.4, 0.5) is 5.82 Å². The third kappa shape index (κ3) is 3.58. The molecule has 6 nitrogen and oxygen atoms in total. The number of rotatable bonds is 6. The Balaban J connectivity index is 1.52. The van der Waals surface area contributed by atoms with Crippen LogP contribution in [0.5, 0.6) is 0 Å². The van der Waals surface area contributed by atoms with Crippen LogP contribution in [-0.2, 0) is 13.1 Å². The third-order valence-corrected chi connectivity index (χ3v) is 5.12. The van der Waals surface area contributed by atoms with E-state index in [4.69, 9.17) is 16.0 Å². The predicted molar refractivity (Wildman–Crippen MR) is 103 cm³/mol. The molecule has 0 aliphatic heterocycles. The normalized spacial score (nSPS) is 11.0. The molecule has 0 saturated carbocycles. The van der Waals surface area contributed by atoms with Crippen molar-refractivity contribution in [3.05, 3.63) is 80.3 Å². The van der Waals surface area contributed by atoms with Gasteiger partial charge in [-0.15, -0.1) is 11.3 Å². The first-order chi connectivity index (χ1) is 12.7. The van der Waals surface area contributed by atoms with E-state index in [2.05, 4.69) is 15.5 Å². The van der Waals surface area contributed by atoms with Crippen LogP contribution in [0, 0.1) is 0 Å². The molecular weight excluding hydrogens is 372 g/mol. The summed E-state index contributed by atoms with van der Waals surface area (Å²) in [5, 5.41) is 10.4. The van der Waals surface area contributed by atoms with Gasteiger partial charge in [0.25, 0.3) is 5.56 Å². The monoisotopic (exact) mass is 386 g/mol. The van der Waals surface area contributed by atoms with E-state index in [0.717, 1.165) is 20.6 Å². The summed E-state index contributed by atoms with van der Waals surface area (Å²) in [5.74, 6) is 0.745. The van der Waals surface area contributed by atoms with E-state index in [1.807, 2.05) is 30.3 Å². The van der Waals surface area contributed by atoms with E-state index in [9.17, 15) is 4.79 Å². The number of H-pyrrole nitrogens is 1. The van der Waals surface area contributed by atoms with E-state index < -0.39 is 0 Å². The van der Waals surface area contributed by atoms with Crippen molar-refractivity contribution in [3.63, 3.8) is 0 Å². The molecule has 0 saturated heterocycles. The second-order valence-electron chi connectivity index (χ2n) is 5.71. The molecule has 0 aliphatic rings. The average Bonchev–Trinajstić information content (AvgIpc) is 3.37. The number of furan rings is 1. The number of aromatic nitrogens is 3. The molecule has 4 aromatic rings. The van der Waals surface area contributed by atoms with Gasteiger partial charge < -0.3 is 14.3 Å². The SMILES string of the molecule is O=c1c(-c2cc(NCc3ccc(Cl)s3)[nH]n2)cccn1Cc1ccoc1. The highest BCUT2D eigenvalue weighted by Gasteiger charge is 2.10. The number of hydrogen-bond donors (Lipinski definition) is 2. The molecule has 8 heteroatoms. The van der Waals surface area contributed by atoms with Gasteiger partial charge in [-0.1, -0.05) is 11.6 Å². The zero-order chi connectivity index (χ0) is 17.9. The summed E-state index contributed by atoms with van der Waals surface area (Å²) in [6.45, 7) is 1.09. The minimum absolute atomic E-state index is 0.100. The maximum atomic E-state index is 12.7. The lowest BCUT2D eigenvalue weighted by Gasteiger charge is -2.05. The lowest BCUT2D eigenvalue weighted by Crippen LogP contribution is -2.21. The van der Waals surface area contributed by atoms with Gasteiger partial charge in [-0.3, -0.25) is 9.89 Å². The molecule has 4 aromatic heterocycles. The van der Waals surface area contributed by atoms with Gasteiger partial charge in [0.2, 0.25) is 0 Å². The first-order valence-corrected chi connectivity index (χ1v) is 9.13. The van der Waals surface area contributed by atoms with Crippen LogP contribution in [0.3, 0.4) is 0 Å². The topological polar surface area (TPSA) is 75.8 Å². The van der Waals surface area contributed by atoms with Crippen molar-refractivity contribution in [2.24, 2.45) is 0 Å². The van der Waals surface area contributed by atoms with Crippen molar-refractivity contribution in [2.75, 3.05) is 5.32 Å². The van der Waals surface area contributed by atoms with Crippen molar-refractivity contribution in [3.8, 4) is 11.3 Å². The summed E-state index contributed by atoms with van der Waals surface area (Å²) in [5.41, 5.74) is 1.97. The second-order valence-corrected chi connectivity index (χ2v) is 7.51. The Kier molecular flexibility index (Phi) is 4.64. The summed E-state index contributed by atoms with van der Waals surface area (Å²) < 4.78 is 7.45. The standard InChI is InChI=1S/C18H15ClN4O2S/c19-16-4-3-13(26-16)9-20-17-8-15(21-22-17)14-2-1-6-23(18(14)24)10-12-5-7-25-11-12/h1-8,11H,9-10H2,(H2,20,21,22). The Morgan fingerprint density at radius 3 is 3.00 bits per heavy atom. The first kappa shape index (κ1) is 16.7. The Morgan fingerprint density at radius 1 is 1.31 bits per heavy atom. The number of nitrogens with zero attached hydrogens (tertiary/aromatic N) is 2. The van der Waals surface area contributed by atoms with E-state index in [1.165, 1.54) is 11.3 Å². The summed E-state index contributed by atoms with van der Waals surface area (Å²) in [7, 11) is 0. The fourth-order valence-electron chi connectivity index (χ4n) is 2.61. The molecule has 0 spiro atoms. The van der Waals surface area contributed by atoms with Crippen LogP contribution >= 0.6 is 22.9 Å². The molecule has 0 aromatic carbocycles. The lowest BCUT2D eigenvalue weighted by molar-refractivity contribution is 0.561. The van der Waals surface area contributed by atoms with Gasteiger partial charge >= 0.3 is 0 Å². The van der Waals surface area contributed by atoms with Gasteiger partial charge in [0, 0.05) is 22.7 Å². The number of hydrogen-bond acceptors (Lipinski definition) is 5.